The number of alkyl halides is 1. The van der Waals surface area contributed by atoms with Gasteiger partial charge in [-0.25, -0.2) is 5.06 Å². The van der Waals surface area contributed by atoms with Crippen LogP contribution >= 0.6 is 11.6 Å². The Kier molecular flexibility index (Phi) is 2.35. The fraction of sp³-hybridized carbons (Fsp3) is 0.429. The van der Waals surface area contributed by atoms with Crippen molar-refractivity contribution in [2.75, 3.05) is 12.4 Å². The highest BCUT2D eigenvalue weighted by atomic mass is 35.5. The summed E-state index contributed by atoms with van der Waals surface area (Å²) in [5.41, 5.74) is 1.77. The van der Waals surface area contributed by atoms with E-state index in [9.17, 15) is 5.21 Å². The molecule has 0 aromatic rings. The summed E-state index contributed by atoms with van der Waals surface area (Å²) >= 11 is 5.50. The third-order valence-corrected chi connectivity index (χ3v) is 1.70. The molecule has 10 heavy (non-hydrogen) atoms. The van der Waals surface area contributed by atoms with Gasteiger partial charge in [0, 0.05) is 0 Å². The molecule has 1 aliphatic heterocycles. The van der Waals surface area contributed by atoms with Crippen molar-refractivity contribution < 1.29 is 5.21 Å². The quantitative estimate of drug-likeness (QED) is 0.533. The molecule has 0 bridgehead atoms. The molecule has 1 heterocycles. The average Bonchev–Trinajstić information content (AvgIpc) is 1.94. The molecule has 0 aromatic carbocycles. The fourth-order valence-electron chi connectivity index (χ4n) is 0.843. The van der Waals surface area contributed by atoms with Gasteiger partial charge in [0.1, 0.15) is 0 Å². The molecular weight excluding hydrogens is 150 g/mol. The van der Waals surface area contributed by atoms with Crippen molar-refractivity contribution in [3.63, 3.8) is 0 Å². The molecule has 1 radical (unpaired) electrons. The van der Waals surface area contributed by atoms with E-state index >= 15 is 0 Å². The Hall–Kier alpha value is -0.470. The Bertz CT molecular complexity index is 186. The third-order valence-electron chi connectivity index (χ3n) is 1.43. The molecule has 1 aliphatic rings. The maximum absolute atomic E-state index is 10.9. The second-order valence-corrected chi connectivity index (χ2v) is 2.55. The van der Waals surface area contributed by atoms with Gasteiger partial charge in [0.15, 0.2) is 0 Å². The molecule has 0 saturated carbocycles. The van der Waals surface area contributed by atoms with E-state index in [0.29, 0.717) is 18.1 Å². The van der Waals surface area contributed by atoms with E-state index in [1.54, 1.807) is 0 Å². The van der Waals surface area contributed by atoms with Gasteiger partial charge in [-0.2, -0.15) is 0 Å². The van der Waals surface area contributed by atoms with Crippen molar-refractivity contribution in [3.05, 3.63) is 23.4 Å². The molecular formula is C7H9ClNO. The topological polar surface area (TPSA) is 23.1 Å². The van der Waals surface area contributed by atoms with E-state index in [1.807, 2.05) is 19.1 Å². The number of hydrogen-bond donors (Lipinski definition) is 0. The van der Waals surface area contributed by atoms with Gasteiger partial charge in [-0.05, 0) is 13.0 Å². The van der Waals surface area contributed by atoms with Gasteiger partial charge >= 0.3 is 0 Å². The Balaban J connectivity index is 2.73. The molecule has 0 unspecified atom stereocenters. The minimum Gasteiger partial charge on any atom is -0.219 e. The Morgan fingerprint density at radius 3 is 3.00 bits per heavy atom. The minimum absolute atomic E-state index is 0.300. The summed E-state index contributed by atoms with van der Waals surface area (Å²) in [5.74, 6) is 0.300. The summed E-state index contributed by atoms with van der Waals surface area (Å²) in [6, 6.07) is 0. The van der Waals surface area contributed by atoms with Crippen LogP contribution in [-0.4, -0.2) is 17.5 Å². The van der Waals surface area contributed by atoms with E-state index in [2.05, 4.69) is 0 Å². The average molecular weight is 159 g/mol. The number of hydrogen-bond acceptors (Lipinski definition) is 1. The minimum atomic E-state index is 0.300. The number of rotatable bonds is 1. The SMILES string of the molecule is CC1=CCN([O])C(CCl)=C1. The first-order valence-corrected chi connectivity index (χ1v) is 3.65. The van der Waals surface area contributed by atoms with Crippen LogP contribution in [0.1, 0.15) is 6.92 Å². The molecule has 55 valence electrons. The Labute approximate surface area is 65.4 Å². The maximum Gasteiger partial charge on any atom is 0.0670 e. The smallest absolute Gasteiger partial charge is 0.0670 e. The van der Waals surface area contributed by atoms with Crippen molar-refractivity contribution in [1.29, 1.82) is 0 Å². The van der Waals surface area contributed by atoms with Crippen LogP contribution in [0.2, 0.25) is 0 Å². The Morgan fingerprint density at radius 1 is 1.80 bits per heavy atom. The molecule has 0 spiro atoms. The number of hydroxylamine groups is 2. The van der Waals surface area contributed by atoms with Gasteiger partial charge in [-0.1, -0.05) is 16.9 Å². The normalized spacial score (nSPS) is 18.5. The van der Waals surface area contributed by atoms with E-state index < -0.39 is 0 Å². The van der Waals surface area contributed by atoms with Crippen molar-refractivity contribution in [2.24, 2.45) is 0 Å². The monoisotopic (exact) mass is 158 g/mol. The molecule has 2 nitrogen and oxygen atoms in total. The first-order chi connectivity index (χ1) is 4.74. The third kappa shape index (κ3) is 1.52. The summed E-state index contributed by atoms with van der Waals surface area (Å²) in [4.78, 5) is 0. The van der Waals surface area contributed by atoms with Crippen molar-refractivity contribution in [1.82, 2.24) is 5.06 Å². The summed E-state index contributed by atoms with van der Waals surface area (Å²) in [7, 11) is 0. The fourth-order valence-corrected chi connectivity index (χ4v) is 1.05. The van der Waals surface area contributed by atoms with Crippen molar-refractivity contribution in [3.8, 4) is 0 Å². The van der Waals surface area contributed by atoms with Crippen molar-refractivity contribution >= 4 is 11.6 Å². The molecule has 0 amide bonds. The zero-order chi connectivity index (χ0) is 7.56. The summed E-state index contributed by atoms with van der Waals surface area (Å²) in [6.07, 6.45) is 3.69. The van der Waals surface area contributed by atoms with E-state index in [0.717, 1.165) is 10.6 Å². The van der Waals surface area contributed by atoms with E-state index in [4.69, 9.17) is 11.6 Å². The van der Waals surface area contributed by atoms with Gasteiger partial charge in [0.2, 0.25) is 0 Å². The summed E-state index contributed by atoms with van der Waals surface area (Å²) in [5, 5.41) is 11.8. The zero-order valence-corrected chi connectivity index (χ0v) is 6.56. The second kappa shape index (κ2) is 3.08. The molecule has 0 N–H and O–H groups in total. The van der Waals surface area contributed by atoms with Gasteiger partial charge in [0.05, 0.1) is 18.1 Å². The zero-order valence-electron chi connectivity index (χ0n) is 5.80. The predicted octanol–water partition coefficient (Wildman–Crippen LogP) is 1.72. The largest absolute Gasteiger partial charge is 0.219 e. The highest BCUT2D eigenvalue weighted by molar-refractivity contribution is 6.19. The first kappa shape index (κ1) is 7.63. The standard InChI is InChI=1S/C7H9ClNO/c1-6-2-3-9(10)7(4-6)5-8/h2,4H,3,5H2,1H3. The van der Waals surface area contributed by atoms with E-state index in [-0.39, 0.29) is 0 Å². The molecule has 1 rings (SSSR count). The van der Waals surface area contributed by atoms with Crippen LogP contribution in [0.15, 0.2) is 23.4 Å². The van der Waals surface area contributed by atoms with Gasteiger partial charge in [-0.3, -0.25) is 0 Å². The summed E-state index contributed by atoms with van der Waals surface area (Å²) in [6.45, 7) is 2.39. The number of halogens is 1. The molecule has 3 heteroatoms. The van der Waals surface area contributed by atoms with Gasteiger partial charge in [-0.15, -0.1) is 11.6 Å². The van der Waals surface area contributed by atoms with Gasteiger partial charge in [0.25, 0.3) is 0 Å². The van der Waals surface area contributed by atoms with Crippen LogP contribution in [0.3, 0.4) is 0 Å². The molecule has 0 fully saturated rings. The maximum atomic E-state index is 10.9. The van der Waals surface area contributed by atoms with Crippen molar-refractivity contribution in [2.45, 2.75) is 6.92 Å². The molecule has 0 aliphatic carbocycles. The Morgan fingerprint density at radius 2 is 2.50 bits per heavy atom. The van der Waals surface area contributed by atoms with Crippen LogP contribution in [0, 0.1) is 0 Å². The van der Waals surface area contributed by atoms with Crippen LogP contribution < -0.4 is 0 Å². The number of allylic oxidation sites excluding steroid dienone is 3. The predicted molar refractivity (Wildman–Crippen MR) is 40.0 cm³/mol. The second-order valence-electron chi connectivity index (χ2n) is 2.28. The highest BCUT2D eigenvalue weighted by Gasteiger charge is 2.09. The van der Waals surface area contributed by atoms with Gasteiger partial charge < -0.3 is 0 Å². The van der Waals surface area contributed by atoms with Crippen LogP contribution in [0.4, 0.5) is 0 Å². The lowest BCUT2D eigenvalue weighted by molar-refractivity contribution is -0.117. The molecule has 0 saturated heterocycles. The van der Waals surface area contributed by atoms with Crippen LogP contribution in [0.5, 0.6) is 0 Å². The highest BCUT2D eigenvalue weighted by Crippen LogP contribution is 2.13. The lowest BCUT2D eigenvalue weighted by Crippen LogP contribution is -2.20. The van der Waals surface area contributed by atoms with Crippen LogP contribution in [0.25, 0.3) is 0 Å². The first-order valence-electron chi connectivity index (χ1n) is 3.12. The lowest BCUT2D eigenvalue weighted by atomic mass is 10.2. The van der Waals surface area contributed by atoms with E-state index in [1.165, 1.54) is 0 Å². The molecule has 0 aromatic heterocycles. The lowest BCUT2D eigenvalue weighted by Gasteiger charge is -2.18. The molecule has 0 atom stereocenters. The number of nitrogens with zero attached hydrogens (tertiary/aromatic N) is 1. The summed E-state index contributed by atoms with van der Waals surface area (Å²) < 4.78 is 0. The van der Waals surface area contributed by atoms with Crippen LogP contribution in [-0.2, 0) is 5.21 Å².